The van der Waals surface area contributed by atoms with Crippen LogP contribution in [0.1, 0.15) is 50.8 Å². The van der Waals surface area contributed by atoms with E-state index >= 15 is 0 Å². The maximum Gasteiger partial charge on any atom is 0.314 e. The van der Waals surface area contributed by atoms with Crippen molar-refractivity contribution in [3.8, 4) is 11.5 Å². The molecule has 0 spiro atoms. The number of nitrogens with one attached hydrogen (secondary N) is 1. The second-order valence-corrected chi connectivity index (χ2v) is 9.26. The smallest absolute Gasteiger partial charge is 0.314 e. The first-order valence-electron chi connectivity index (χ1n) is 9.98. The number of nitrogens with zero attached hydrogens (tertiary/aromatic N) is 5. The molecular formula is C21H28F2N6O3S. The van der Waals surface area contributed by atoms with Crippen LogP contribution in [0.15, 0.2) is 41.1 Å². The predicted octanol–water partition coefficient (Wildman–Crippen LogP) is 4.23. The SMILES string of the molecule is C.CCN(CC(Nc1ncc(-c2nnc(C(F)F)o2)cn1)c1ccc(C)cc1)S(=O)(=O)CC. The van der Waals surface area contributed by atoms with Crippen molar-refractivity contribution >= 4 is 16.0 Å². The number of hydrogen-bond acceptors (Lipinski definition) is 8. The highest BCUT2D eigenvalue weighted by atomic mass is 32.2. The fourth-order valence-electron chi connectivity index (χ4n) is 2.97. The molecule has 0 radical (unpaired) electrons. The summed E-state index contributed by atoms with van der Waals surface area (Å²) < 4.78 is 56.5. The van der Waals surface area contributed by atoms with E-state index in [2.05, 4.69) is 25.5 Å². The number of anilines is 1. The zero-order valence-electron chi connectivity index (χ0n) is 17.9. The zero-order chi connectivity index (χ0) is 23.3. The first-order chi connectivity index (χ1) is 15.2. The van der Waals surface area contributed by atoms with Gasteiger partial charge >= 0.3 is 6.43 Å². The number of alkyl halides is 2. The van der Waals surface area contributed by atoms with Gasteiger partial charge in [-0.2, -0.15) is 13.1 Å². The predicted molar refractivity (Wildman–Crippen MR) is 121 cm³/mol. The largest absolute Gasteiger partial charge is 0.415 e. The Morgan fingerprint density at radius 3 is 2.24 bits per heavy atom. The summed E-state index contributed by atoms with van der Waals surface area (Å²) in [7, 11) is -3.40. The van der Waals surface area contributed by atoms with Crippen LogP contribution in [0, 0.1) is 6.92 Å². The summed E-state index contributed by atoms with van der Waals surface area (Å²) in [6.45, 7) is 5.85. The van der Waals surface area contributed by atoms with Crippen molar-refractivity contribution in [2.45, 2.75) is 40.7 Å². The molecule has 3 aromatic rings. The van der Waals surface area contributed by atoms with Gasteiger partial charge in [0.05, 0.1) is 17.4 Å². The van der Waals surface area contributed by atoms with Crippen LogP contribution in [0.4, 0.5) is 14.7 Å². The normalized spacial score (nSPS) is 12.6. The maximum absolute atomic E-state index is 12.6. The van der Waals surface area contributed by atoms with Crippen molar-refractivity contribution in [3.05, 3.63) is 53.7 Å². The molecular weight excluding hydrogens is 454 g/mol. The van der Waals surface area contributed by atoms with Gasteiger partial charge in [-0.25, -0.2) is 18.4 Å². The second-order valence-electron chi connectivity index (χ2n) is 7.00. The molecule has 2 heterocycles. The number of aryl methyl sites for hydroxylation is 1. The summed E-state index contributed by atoms with van der Waals surface area (Å²) in [5.74, 6) is -0.665. The standard InChI is InChI=1S/C20H24F2N6O3S.CH4/c1-4-28(32(29,30)5-2)12-16(14-8-6-13(3)7-9-14)25-20-23-10-15(11-24-20)18-26-27-19(31-18)17(21)22;/h6-11,16-17H,4-5,12H2,1-3H3,(H,23,24,25);1H4. The van der Waals surface area contributed by atoms with Gasteiger partial charge in [0.1, 0.15) is 0 Å². The third-order valence-corrected chi connectivity index (χ3v) is 6.73. The van der Waals surface area contributed by atoms with Crippen molar-refractivity contribution < 1.29 is 21.6 Å². The van der Waals surface area contributed by atoms with Crippen LogP contribution >= 0.6 is 0 Å². The number of aromatic nitrogens is 4. The third kappa shape index (κ3) is 6.51. The molecule has 0 bridgehead atoms. The lowest BCUT2D eigenvalue weighted by molar-refractivity contribution is 0.116. The monoisotopic (exact) mass is 482 g/mol. The molecule has 0 aliphatic rings. The first kappa shape index (κ1) is 26.3. The van der Waals surface area contributed by atoms with Gasteiger partial charge in [0.15, 0.2) is 0 Å². The van der Waals surface area contributed by atoms with Gasteiger partial charge in [-0.3, -0.25) is 0 Å². The van der Waals surface area contributed by atoms with Crippen LogP contribution in [0.25, 0.3) is 11.5 Å². The molecule has 1 atom stereocenters. The minimum absolute atomic E-state index is 0. The van der Waals surface area contributed by atoms with E-state index in [1.165, 1.54) is 16.7 Å². The molecule has 0 saturated carbocycles. The minimum Gasteiger partial charge on any atom is -0.415 e. The van der Waals surface area contributed by atoms with Gasteiger partial charge in [0, 0.05) is 25.5 Å². The van der Waals surface area contributed by atoms with E-state index in [0.717, 1.165) is 11.1 Å². The van der Waals surface area contributed by atoms with Gasteiger partial charge < -0.3 is 9.73 Å². The van der Waals surface area contributed by atoms with E-state index in [4.69, 9.17) is 4.42 Å². The van der Waals surface area contributed by atoms with E-state index < -0.39 is 28.4 Å². The number of hydrogen-bond donors (Lipinski definition) is 1. The fraction of sp³-hybridized carbons (Fsp3) is 0.429. The Hall–Kier alpha value is -2.99. The van der Waals surface area contributed by atoms with Crippen molar-refractivity contribution in [2.75, 3.05) is 24.2 Å². The Morgan fingerprint density at radius 2 is 1.73 bits per heavy atom. The number of halogens is 2. The number of rotatable bonds is 10. The summed E-state index contributed by atoms with van der Waals surface area (Å²) in [5.41, 5.74) is 2.22. The van der Waals surface area contributed by atoms with Gasteiger partial charge in [-0.15, -0.1) is 10.2 Å². The van der Waals surface area contributed by atoms with Gasteiger partial charge in [-0.1, -0.05) is 44.2 Å². The lowest BCUT2D eigenvalue weighted by Crippen LogP contribution is -2.37. The number of benzene rings is 1. The Kier molecular flexibility index (Phi) is 8.94. The molecule has 0 saturated heterocycles. The van der Waals surface area contributed by atoms with Crippen LogP contribution in [-0.2, 0) is 10.0 Å². The second kappa shape index (κ2) is 11.2. The summed E-state index contributed by atoms with van der Waals surface area (Å²) >= 11 is 0. The Morgan fingerprint density at radius 1 is 1.09 bits per heavy atom. The average molecular weight is 483 g/mol. The van der Waals surface area contributed by atoms with E-state index in [-0.39, 0.29) is 37.1 Å². The Balaban J connectivity index is 0.00000385. The van der Waals surface area contributed by atoms with Crippen LogP contribution in [-0.4, -0.2) is 51.7 Å². The van der Waals surface area contributed by atoms with Crippen LogP contribution in [0.2, 0.25) is 0 Å². The summed E-state index contributed by atoms with van der Waals surface area (Å²) in [6.07, 6.45) is -0.135. The molecule has 0 aliphatic carbocycles. The molecule has 1 unspecified atom stereocenters. The highest BCUT2D eigenvalue weighted by Crippen LogP contribution is 2.24. The Bertz CT molecular complexity index is 1120. The van der Waals surface area contributed by atoms with Crippen molar-refractivity contribution in [2.24, 2.45) is 0 Å². The highest BCUT2D eigenvalue weighted by Gasteiger charge is 2.24. The third-order valence-electron chi connectivity index (χ3n) is 4.81. The van der Waals surface area contributed by atoms with Crippen molar-refractivity contribution in [1.29, 1.82) is 0 Å². The summed E-state index contributed by atoms with van der Waals surface area (Å²) in [5, 5.41) is 10.0. The lowest BCUT2D eigenvalue weighted by Gasteiger charge is -2.27. The van der Waals surface area contributed by atoms with Gasteiger partial charge in [0.2, 0.25) is 16.0 Å². The van der Waals surface area contributed by atoms with Gasteiger partial charge in [0.25, 0.3) is 11.8 Å². The van der Waals surface area contributed by atoms with Crippen molar-refractivity contribution in [1.82, 2.24) is 24.5 Å². The topological polar surface area (TPSA) is 114 Å². The molecule has 9 nitrogen and oxygen atoms in total. The van der Waals surface area contributed by atoms with Crippen LogP contribution < -0.4 is 5.32 Å². The maximum atomic E-state index is 12.6. The Labute approximate surface area is 192 Å². The van der Waals surface area contributed by atoms with Crippen LogP contribution in [0.3, 0.4) is 0 Å². The summed E-state index contributed by atoms with van der Waals surface area (Å²) in [4.78, 5) is 8.40. The van der Waals surface area contributed by atoms with Crippen molar-refractivity contribution in [3.63, 3.8) is 0 Å². The molecule has 33 heavy (non-hydrogen) atoms. The molecule has 1 aromatic carbocycles. The molecule has 0 amide bonds. The molecule has 12 heteroatoms. The molecule has 2 aromatic heterocycles. The highest BCUT2D eigenvalue weighted by molar-refractivity contribution is 7.89. The number of likely N-dealkylation sites (N-methyl/N-ethyl adjacent to an activating group) is 1. The van der Waals surface area contributed by atoms with E-state index in [0.29, 0.717) is 6.54 Å². The van der Waals surface area contributed by atoms with Gasteiger partial charge in [-0.05, 0) is 19.4 Å². The quantitative estimate of drug-likeness (QED) is 0.457. The van der Waals surface area contributed by atoms with E-state index in [1.54, 1.807) is 13.8 Å². The molecule has 3 rings (SSSR count). The minimum atomic E-state index is -3.40. The number of sulfonamides is 1. The summed E-state index contributed by atoms with van der Waals surface area (Å²) in [6, 6.07) is 7.29. The van der Waals surface area contributed by atoms with Crippen LogP contribution in [0.5, 0.6) is 0 Å². The molecule has 1 N–H and O–H groups in total. The fourth-order valence-corrected chi connectivity index (χ4v) is 4.10. The lowest BCUT2D eigenvalue weighted by atomic mass is 10.1. The first-order valence-corrected chi connectivity index (χ1v) is 11.6. The molecule has 0 aliphatic heterocycles. The zero-order valence-corrected chi connectivity index (χ0v) is 18.7. The molecule has 0 fully saturated rings. The average Bonchev–Trinajstić information content (AvgIpc) is 3.28. The van der Waals surface area contributed by atoms with E-state index in [9.17, 15) is 17.2 Å². The molecule has 180 valence electrons. The van der Waals surface area contributed by atoms with E-state index in [1.807, 2.05) is 31.2 Å².